The lowest BCUT2D eigenvalue weighted by Crippen LogP contribution is -2.44. The van der Waals surface area contributed by atoms with Crippen LogP contribution in [0.1, 0.15) is 19.0 Å². The maximum atomic E-state index is 12.0. The zero-order valence-corrected chi connectivity index (χ0v) is 14.0. The standard InChI is InChI=1S/C13H20ClN3O4S/c1-10-8-21-5-3-17(10)12-7-11(15-13(14)16-12)9-22(19,20)6-2-4-18/h7,10,18H,2-6,8-9H2,1H3/t10-/m0/s1. The summed E-state index contributed by atoms with van der Waals surface area (Å²) in [5.41, 5.74) is 0.367. The number of aliphatic hydroxyl groups is 1. The molecule has 1 aliphatic heterocycles. The number of rotatable bonds is 6. The van der Waals surface area contributed by atoms with Crippen molar-refractivity contribution < 1.29 is 18.3 Å². The summed E-state index contributed by atoms with van der Waals surface area (Å²) in [5.74, 6) is 0.332. The van der Waals surface area contributed by atoms with Crippen LogP contribution in [0.4, 0.5) is 5.82 Å². The van der Waals surface area contributed by atoms with Gasteiger partial charge >= 0.3 is 0 Å². The Morgan fingerprint density at radius 1 is 1.50 bits per heavy atom. The third-order valence-corrected chi connectivity index (χ3v) is 5.20. The molecule has 0 amide bonds. The highest BCUT2D eigenvalue weighted by atomic mass is 35.5. The molecule has 1 saturated heterocycles. The second-order valence-electron chi connectivity index (χ2n) is 5.27. The van der Waals surface area contributed by atoms with E-state index in [1.807, 2.05) is 11.8 Å². The van der Waals surface area contributed by atoms with E-state index in [2.05, 4.69) is 9.97 Å². The van der Waals surface area contributed by atoms with Crippen LogP contribution >= 0.6 is 11.6 Å². The van der Waals surface area contributed by atoms with E-state index in [0.717, 1.165) is 0 Å². The molecule has 1 aromatic rings. The third kappa shape index (κ3) is 4.77. The predicted octanol–water partition coefficient (Wildman–Crippen LogP) is 0.652. The van der Waals surface area contributed by atoms with Gasteiger partial charge < -0.3 is 14.7 Å². The van der Waals surface area contributed by atoms with Crippen LogP contribution in [0.15, 0.2) is 6.07 Å². The van der Waals surface area contributed by atoms with Crippen LogP contribution in [0.3, 0.4) is 0 Å². The number of aromatic nitrogens is 2. The van der Waals surface area contributed by atoms with Crippen LogP contribution in [0.2, 0.25) is 5.28 Å². The fourth-order valence-electron chi connectivity index (χ4n) is 2.32. The zero-order chi connectivity index (χ0) is 16.2. The predicted molar refractivity (Wildman–Crippen MR) is 83.9 cm³/mol. The van der Waals surface area contributed by atoms with Crippen molar-refractivity contribution >= 4 is 27.3 Å². The Morgan fingerprint density at radius 2 is 2.27 bits per heavy atom. The summed E-state index contributed by atoms with van der Waals surface area (Å²) in [5, 5.41) is 8.78. The normalized spacial score (nSPS) is 19.4. The number of morpholine rings is 1. The first-order valence-electron chi connectivity index (χ1n) is 7.10. The molecule has 9 heteroatoms. The summed E-state index contributed by atoms with van der Waals surface area (Å²) in [6.45, 7) is 3.71. The summed E-state index contributed by atoms with van der Waals surface area (Å²) in [4.78, 5) is 10.2. The molecule has 22 heavy (non-hydrogen) atoms. The van der Waals surface area contributed by atoms with Crippen LogP contribution in [-0.2, 0) is 20.3 Å². The monoisotopic (exact) mass is 349 g/mol. The molecule has 1 N–H and O–H groups in total. The molecular formula is C13H20ClN3O4S. The fourth-order valence-corrected chi connectivity index (χ4v) is 3.83. The van der Waals surface area contributed by atoms with Crippen LogP contribution in [0, 0.1) is 0 Å². The second-order valence-corrected chi connectivity index (χ2v) is 7.80. The van der Waals surface area contributed by atoms with Gasteiger partial charge in [-0.05, 0) is 24.9 Å². The van der Waals surface area contributed by atoms with Gasteiger partial charge in [0.15, 0.2) is 9.84 Å². The molecule has 0 saturated carbocycles. The molecule has 7 nitrogen and oxygen atoms in total. The third-order valence-electron chi connectivity index (χ3n) is 3.38. The number of anilines is 1. The topological polar surface area (TPSA) is 92.6 Å². The number of hydrogen-bond acceptors (Lipinski definition) is 7. The number of nitrogens with zero attached hydrogens (tertiary/aromatic N) is 3. The molecule has 0 aliphatic carbocycles. The summed E-state index contributed by atoms with van der Waals surface area (Å²) in [7, 11) is -3.33. The molecule has 1 fully saturated rings. The summed E-state index contributed by atoms with van der Waals surface area (Å²) >= 11 is 5.94. The first-order valence-corrected chi connectivity index (χ1v) is 9.30. The van der Waals surface area contributed by atoms with Crippen molar-refractivity contribution in [3.8, 4) is 0 Å². The maximum absolute atomic E-state index is 12.0. The van der Waals surface area contributed by atoms with Gasteiger partial charge in [-0.2, -0.15) is 0 Å². The quantitative estimate of drug-likeness (QED) is 0.754. The fraction of sp³-hybridized carbons (Fsp3) is 0.692. The van der Waals surface area contributed by atoms with Crippen molar-refractivity contribution in [3.05, 3.63) is 17.0 Å². The van der Waals surface area contributed by atoms with Gasteiger partial charge in [-0.15, -0.1) is 0 Å². The maximum Gasteiger partial charge on any atom is 0.224 e. The van der Waals surface area contributed by atoms with Gasteiger partial charge in [0.05, 0.1) is 36.5 Å². The van der Waals surface area contributed by atoms with Crippen LogP contribution < -0.4 is 4.90 Å². The molecule has 1 aliphatic rings. The number of ether oxygens (including phenoxy) is 1. The van der Waals surface area contributed by atoms with Crippen LogP contribution in [-0.4, -0.2) is 61.7 Å². The molecule has 0 aromatic carbocycles. The lowest BCUT2D eigenvalue weighted by Gasteiger charge is -2.34. The minimum absolute atomic E-state index is 0.0311. The lowest BCUT2D eigenvalue weighted by atomic mass is 10.2. The van der Waals surface area contributed by atoms with Crippen molar-refractivity contribution in [1.82, 2.24) is 9.97 Å². The summed E-state index contributed by atoms with van der Waals surface area (Å²) in [6, 6.07) is 1.79. The SMILES string of the molecule is C[C@H]1COCCN1c1cc(CS(=O)(=O)CCCO)nc(Cl)n1. The molecule has 1 atom stereocenters. The van der Waals surface area contributed by atoms with E-state index in [0.29, 0.717) is 31.3 Å². The molecule has 124 valence electrons. The highest BCUT2D eigenvalue weighted by Gasteiger charge is 2.22. The Hall–Kier alpha value is -0.960. The van der Waals surface area contributed by atoms with Crippen molar-refractivity contribution in [3.63, 3.8) is 0 Å². The van der Waals surface area contributed by atoms with E-state index in [4.69, 9.17) is 21.4 Å². The minimum atomic E-state index is -3.33. The van der Waals surface area contributed by atoms with E-state index in [1.54, 1.807) is 6.07 Å². The molecule has 2 heterocycles. The van der Waals surface area contributed by atoms with E-state index in [1.165, 1.54) is 0 Å². The zero-order valence-electron chi connectivity index (χ0n) is 12.4. The number of halogens is 1. The highest BCUT2D eigenvalue weighted by molar-refractivity contribution is 7.90. The van der Waals surface area contributed by atoms with E-state index < -0.39 is 9.84 Å². The molecule has 0 spiro atoms. The van der Waals surface area contributed by atoms with Crippen molar-refractivity contribution in [2.24, 2.45) is 0 Å². The Kier molecular flexibility index (Phi) is 5.96. The van der Waals surface area contributed by atoms with Crippen LogP contribution in [0.5, 0.6) is 0 Å². The van der Waals surface area contributed by atoms with E-state index >= 15 is 0 Å². The Morgan fingerprint density at radius 3 is 2.95 bits per heavy atom. The first-order chi connectivity index (χ1) is 10.4. The largest absolute Gasteiger partial charge is 0.396 e. The van der Waals surface area contributed by atoms with Gasteiger partial charge in [0, 0.05) is 19.2 Å². The van der Waals surface area contributed by atoms with E-state index in [9.17, 15) is 8.42 Å². The van der Waals surface area contributed by atoms with E-state index in [-0.39, 0.29) is 35.9 Å². The number of aliphatic hydroxyl groups excluding tert-OH is 1. The highest BCUT2D eigenvalue weighted by Crippen LogP contribution is 2.21. The van der Waals surface area contributed by atoms with Crippen molar-refractivity contribution in [2.45, 2.75) is 25.1 Å². The average molecular weight is 350 g/mol. The molecule has 0 bridgehead atoms. The molecule has 0 radical (unpaired) electrons. The average Bonchev–Trinajstić information content (AvgIpc) is 2.44. The molecule has 2 rings (SSSR count). The summed E-state index contributed by atoms with van der Waals surface area (Å²) in [6.07, 6.45) is 0.217. The smallest absolute Gasteiger partial charge is 0.224 e. The molecular weight excluding hydrogens is 330 g/mol. The van der Waals surface area contributed by atoms with Gasteiger partial charge in [-0.1, -0.05) is 0 Å². The van der Waals surface area contributed by atoms with Crippen LogP contribution in [0.25, 0.3) is 0 Å². The Balaban J connectivity index is 2.19. The van der Waals surface area contributed by atoms with Crippen molar-refractivity contribution in [2.75, 3.05) is 37.0 Å². The van der Waals surface area contributed by atoms with Crippen molar-refractivity contribution in [1.29, 1.82) is 0 Å². The molecule has 0 unspecified atom stereocenters. The van der Waals surface area contributed by atoms with Gasteiger partial charge in [0.1, 0.15) is 5.82 Å². The van der Waals surface area contributed by atoms with Gasteiger partial charge in [0.25, 0.3) is 0 Å². The first kappa shape index (κ1) is 17.4. The van der Waals surface area contributed by atoms with Gasteiger partial charge in [0.2, 0.25) is 5.28 Å². The Bertz CT molecular complexity index is 611. The lowest BCUT2D eigenvalue weighted by molar-refractivity contribution is 0.0985. The number of hydrogen-bond donors (Lipinski definition) is 1. The second kappa shape index (κ2) is 7.54. The minimum Gasteiger partial charge on any atom is -0.396 e. The van der Waals surface area contributed by atoms with Gasteiger partial charge in [-0.3, -0.25) is 0 Å². The van der Waals surface area contributed by atoms with Gasteiger partial charge in [-0.25, -0.2) is 18.4 Å². The Labute approximate surface area is 135 Å². The molecule has 1 aromatic heterocycles. The summed E-state index contributed by atoms with van der Waals surface area (Å²) < 4.78 is 29.3. The number of sulfone groups is 1.